The highest BCUT2D eigenvalue weighted by Gasteiger charge is 2.18. The zero-order valence-electron chi connectivity index (χ0n) is 36.0. The molecule has 0 radical (unpaired) electrons. The van der Waals surface area contributed by atoms with Crippen LogP contribution in [0.15, 0.2) is 224 Å². The molecule has 0 aliphatic carbocycles. The fraction of sp³-hybridized carbons (Fsp3) is 0.0167. The molecule has 0 spiro atoms. The lowest BCUT2D eigenvalue weighted by molar-refractivity contribution is 1.00. The lowest BCUT2D eigenvalue weighted by Gasteiger charge is -2.15. The largest absolute Gasteiger partial charge is 0.297 e. The van der Waals surface area contributed by atoms with Gasteiger partial charge in [0.1, 0.15) is 5.82 Å². The van der Waals surface area contributed by atoms with Gasteiger partial charge in [0, 0.05) is 27.9 Å². The molecule has 0 fully saturated rings. The number of hydrogen-bond acceptors (Lipinski definition) is 5. The molecule has 6 heteroatoms. The van der Waals surface area contributed by atoms with E-state index in [1.165, 1.54) is 0 Å². The summed E-state index contributed by atoms with van der Waals surface area (Å²) in [5.74, 6) is 2.63. The zero-order valence-corrected chi connectivity index (χ0v) is 36.0. The Morgan fingerprint density at radius 2 is 0.818 bits per heavy atom. The predicted molar refractivity (Wildman–Crippen MR) is 267 cm³/mol. The molecule has 0 bridgehead atoms. The number of imidazole rings is 1. The second kappa shape index (κ2) is 17.3. The molecule has 0 aliphatic heterocycles. The van der Waals surface area contributed by atoms with Crippen LogP contribution in [0.2, 0.25) is 0 Å². The van der Waals surface area contributed by atoms with Crippen LogP contribution in [-0.4, -0.2) is 24.5 Å². The summed E-state index contributed by atoms with van der Waals surface area (Å²) < 4.78 is 2.19. The van der Waals surface area contributed by atoms with Gasteiger partial charge in [-0.3, -0.25) is 4.57 Å². The van der Waals surface area contributed by atoms with Gasteiger partial charge in [-0.25, -0.2) is 19.9 Å². The molecule has 2 aromatic heterocycles. The van der Waals surface area contributed by atoms with E-state index < -0.39 is 0 Å². The molecule has 2 heterocycles. The number of para-hydroxylation sites is 2. The first-order valence-electron chi connectivity index (χ1n) is 21.9. The average Bonchev–Trinajstić information content (AvgIpc) is 3.74. The Labute approximate surface area is 383 Å². The van der Waals surface area contributed by atoms with E-state index in [-0.39, 0.29) is 0 Å². The van der Waals surface area contributed by atoms with Crippen LogP contribution in [0.1, 0.15) is 11.4 Å². The number of hydrogen-bond donors (Lipinski definition) is 0. The average molecular weight is 845 g/mol. The maximum absolute atomic E-state index is 10.5. The molecule has 0 atom stereocenters. The lowest BCUT2D eigenvalue weighted by Crippen LogP contribution is -2.01. The van der Waals surface area contributed by atoms with Gasteiger partial charge in [-0.05, 0) is 112 Å². The van der Waals surface area contributed by atoms with Gasteiger partial charge in [0.25, 0.3) is 0 Å². The summed E-state index contributed by atoms with van der Waals surface area (Å²) >= 11 is 0. The van der Waals surface area contributed by atoms with Gasteiger partial charge in [0.2, 0.25) is 0 Å². The molecule has 310 valence electrons. The molecule has 9 aromatic carbocycles. The quantitative estimate of drug-likeness (QED) is 0.145. The minimum Gasteiger partial charge on any atom is -0.297 e. The van der Waals surface area contributed by atoms with Gasteiger partial charge in [0.15, 0.2) is 17.5 Å². The summed E-state index contributed by atoms with van der Waals surface area (Å²) in [6.07, 6.45) is 0. The molecular formula is C60H40N6. The van der Waals surface area contributed by atoms with E-state index in [9.17, 15) is 5.26 Å². The highest BCUT2D eigenvalue weighted by molar-refractivity contribution is 5.89. The van der Waals surface area contributed by atoms with Crippen molar-refractivity contribution < 1.29 is 0 Å². The second-order valence-corrected chi connectivity index (χ2v) is 16.2. The molecule has 0 aliphatic rings. The summed E-state index contributed by atoms with van der Waals surface area (Å²) in [5.41, 5.74) is 16.6. The monoisotopic (exact) mass is 844 g/mol. The van der Waals surface area contributed by atoms with Crippen LogP contribution in [-0.2, 0) is 0 Å². The molecule has 66 heavy (non-hydrogen) atoms. The summed E-state index contributed by atoms with van der Waals surface area (Å²) in [7, 11) is 0. The fourth-order valence-electron chi connectivity index (χ4n) is 8.83. The summed E-state index contributed by atoms with van der Waals surface area (Å²) in [5, 5.41) is 10.5. The molecule has 0 saturated heterocycles. The number of fused-ring (bicyclic) bond motifs is 1. The van der Waals surface area contributed by atoms with Gasteiger partial charge in [-0.15, -0.1) is 0 Å². The van der Waals surface area contributed by atoms with E-state index >= 15 is 0 Å². The van der Waals surface area contributed by atoms with Crippen molar-refractivity contribution in [2.45, 2.75) is 6.92 Å². The van der Waals surface area contributed by atoms with Crippen molar-refractivity contribution in [3.63, 3.8) is 0 Å². The number of benzene rings is 9. The molecule has 0 saturated carbocycles. The standard InChI is InChI=1S/C60H40N6/c1-40-62-55-25-11-12-26-56(55)66(40)53-33-31-44(32-34-53)43-27-29-45(30-28-43)54-24-14-23-49(39-61)57(54)47-21-13-22-48(35-47)59-63-58(46-19-9-4-10-20-46)64-60(65-59)52-37-50(41-15-5-2-6-16-41)36-51(38-52)42-17-7-3-8-18-42/h2-38H,1H3. The predicted octanol–water partition coefficient (Wildman–Crippen LogP) is 14.7. The van der Waals surface area contributed by atoms with Crippen LogP contribution >= 0.6 is 0 Å². The van der Waals surface area contributed by atoms with Crippen molar-refractivity contribution in [3.05, 3.63) is 236 Å². The van der Waals surface area contributed by atoms with Crippen molar-refractivity contribution >= 4 is 11.0 Å². The van der Waals surface area contributed by atoms with E-state index in [1.807, 2.05) is 91.9 Å². The highest BCUT2D eigenvalue weighted by atomic mass is 15.1. The number of aryl methyl sites for hydroxylation is 1. The third-order valence-corrected chi connectivity index (χ3v) is 12.1. The number of aromatic nitrogens is 5. The third kappa shape index (κ3) is 7.72. The smallest absolute Gasteiger partial charge is 0.164 e. The molecule has 0 N–H and O–H groups in total. The molecule has 0 amide bonds. The molecule has 11 aromatic rings. The third-order valence-electron chi connectivity index (χ3n) is 12.1. The lowest BCUT2D eigenvalue weighted by atomic mass is 9.89. The zero-order chi connectivity index (χ0) is 44.4. The van der Waals surface area contributed by atoms with Crippen LogP contribution < -0.4 is 0 Å². The van der Waals surface area contributed by atoms with Crippen molar-refractivity contribution in [3.8, 4) is 102 Å². The van der Waals surface area contributed by atoms with Crippen LogP contribution in [0.5, 0.6) is 0 Å². The van der Waals surface area contributed by atoms with Crippen molar-refractivity contribution in [2.24, 2.45) is 0 Å². The van der Waals surface area contributed by atoms with E-state index in [0.717, 1.165) is 94.9 Å². The topological polar surface area (TPSA) is 80.3 Å². The Kier molecular flexibility index (Phi) is 10.4. The highest BCUT2D eigenvalue weighted by Crippen LogP contribution is 2.39. The fourth-order valence-corrected chi connectivity index (χ4v) is 8.83. The summed E-state index contributed by atoms with van der Waals surface area (Å²) in [6, 6.07) is 79.3. The maximum atomic E-state index is 10.5. The number of nitriles is 1. The van der Waals surface area contributed by atoms with Gasteiger partial charge in [-0.1, -0.05) is 170 Å². The molecular weight excluding hydrogens is 805 g/mol. The first-order valence-corrected chi connectivity index (χ1v) is 21.9. The van der Waals surface area contributed by atoms with Gasteiger partial charge < -0.3 is 0 Å². The van der Waals surface area contributed by atoms with Gasteiger partial charge in [0.05, 0.1) is 22.7 Å². The molecule has 0 unspecified atom stereocenters. The van der Waals surface area contributed by atoms with Crippen LogP contribution in [0.3, 0.4) is 0 Å². The minimum atomic E-state index is 0.537. The van der Waals surface area contributed by atoms with E-state index in [0.29, 0.717) is 23.0 Å². The van der Waals surface area contributed by atoms with Crippen molar-refractivity contribution in [2.75, 3.05) is 0 Å². The molecule has 6 nitrogen and oxygen atoms in total. The normalized spacial score (nSPS) is 11.1. The Hall–Kier alpha value is -9.05. The number of nitrogens with zero attached hydrogens (tertiary/aromatic N) is 6. The number of rotatable bonds is 9. The van der Waals surface area contributed by atoms with Crippen LogP contribution in [0.25, 0.3) is 107 Å². The summed E-state index contributed by atoms with van der Waals surface area (Å²) in [4.78, 5) is 20.2. The maximum Gasteiger partial charge on any atom is 0.164 e. The molecule has 11 rings (SSSR count). The van der Waals surface area contributed by atoms with E-state index in [4.69, 9.17) is 19.9 Å². The second-order valence-electron chi connectivity index (χ2n) is 16.2. The van der Waals surface area contributed by atoms with Crippen molar-refractivity contribution in [1.82, 2.24) is 24.5 Å². The first-order chi connectivity index (χ1) is 32.6. The van der Waals surface area contributed by atoms with Crippen LogP contribution in [0.4, 0.5) is 0 Å². The Balaban J connectivity index is 0.976. The SMILES string of the molecule is Cc1nc2ccccc2n1-c1ccc(-c2ccc(-c3cccc(C#N)c3-c3cccc(-c4nc(-c5ccccc5)nc(-c5cc(-c6ccccc6)cc(-c6ccccc6)c5)n4)c3)cc2)cc1. The first kappa shape index (κ1) is 39.8. The van der Waals surface area contributed by atoms with Crippen molar-refractivity contribution in [1.29, 1.82) is 5.26 Å². The Bertz CT molecular complexity index is 3520. The minimum absolute atomic E-state index is 0.537. The van der Waals surface area contributed by atoms with Gasteiger partial charge >= 0.3 is 0 Å². The van der Waals surface area contributed by atoms with E-state index in [2.05, 4.69) is 150 Å². The van der Waals surface area contributed by atoms with Crippen LogP contribution in [0, 0.1) is 18.3 Å². The Morgan fingerprint density at radius 1 is 0.364 bits per heavy atom. The summed E-state index contributed by atoms with van der Waals surface area (Å²) in [6.45, 7) is 2.04. The Morgan fingerprint density at radius 3 is 1.45 bits per heavy atom. The van der Waals surface area contributed by atoms with Gasteiger partial charge in [-0.2, -0.15) is 5.26 Å². The van der Waals surface area contributed by atoms with E-state index in [1.54, 1.807) is 0 Å².